The minimum atomic E-state index is -4.11. The van der Waals surface area contributed by atoms with Crippen molar-refractivity contribution in [2.24, 2.45) is 0 Å². The average Bonchev–Trinajstić information content (AvgIpc) is 2.82. The second kappa shape index (κ2) is 11.5. The quantitative estimate of drug-likeness (QED) is 0.143. The summed E-state index contributed by atoms with van der Waals surface area (Å²) in [6, 6.07) is 19.8. The van der Waals surface area contributed by atoms with Crippen molar-refractivity contribution in [1.82, 2.24) is 0 Å². The number of nitrogens with one attached hydrogen (secondary N) is 1. The Labute approximate surface area is 219 Å². The average molecular weight is 653 g/mol. The number of carbonyl (C=O) groups excluding carboxylic acids is 1. The zero-order valence-corrected chi connectivity index (χ0v) is 22.3. The van der Waals surface area contributed by atoms with Crippen LogP contribution in [0.15, 0.2) is 81.7 Å². The maximum Gasteiger partial charge on any atom is 0.339 e. The van der Waals surface area contributed by atoms with E-state index in [9.17, 15) is 18.5 Å². The lowest BCUT2D eigenvalue weighted by atomic mass is 10.1. The molecule has 0 saturated heterocycles. The van der Waals surface area contributed by atoms with Gasteiger partial charge < -0.3 is 14.2 Å². The third-order valence-electron chi connectivity index (χ3n) is 4.33. The van der Waals surface area contributed by atoms with Gasteiger partial charge in [-0.15, -0.1) is 0 Å². The van der Waals surface area contributed by atoms with E-state index in [1.54, 1.807) is 37.3 Å². The summed E-state index contributed by atoms with van der Waals surface area (Å²) in [6.45, 7) is 1.97. The van der Waals surface area contributed by atoms with Gasteiger partial charge in [0.05, 0.1) is 11.1 Å². The molecule has 3 aromatic rings. The molecule has 3 rings (SSSR count). The van der Waals surface area contributed by atoms with Crippen LogP contribution in [-0.4, -0.2) is 20.9 Å². The summed E-state index contributed by atoms with van der Waals surface area (Å²) in [6.07, 6.45) is 1.38. The molecular weight excluding hydrogens is 635 g/mol. The number of benzene rings is 3. The van der Waals surface area contributed by atoms with Crippen LogP contribution in [0, 0.1) is 14.9 Å². The number of hydrogen-bond acceptors (Lipinski definition) is 6. The topological polar surface area (TPSA) is 105 Å². The monoisotopic (exact) mass is 652 g/mol. The van der Waals surface area contributed by atoms with E-state index >= 15 is 0 Å². The van der Waals surface area contributed by atoms with Crippen LogP contribution in [0.3, 0.4) is 0 Å². The van der Waals surface area contributed by atoms with Crippen molar-refractivity contribution < 1.29 is 22.1 Å². The number of hydrogen-bond donors (Lipinski definition) is 1. The van der Waals surface area contributed by atoms with Crippen molar-refractivity contribution in [2.75, 3.05) is 11.9 Å². The molecule has 0 aliphatic carbocycles. The van der Waals surface area contributed by atoms with E-state index in [-0.39, 0.29) is 33.0 Å². The van der Waals surface area contributed by atoms with Crippen LogP contribution >= 0.6 is 38.5 Å². The lowest BCUT2D eigenvalue weighted by Crippen LogP contribution is -2.13. The zero-order chi connectivity index (χ0) is 24.7. The Bertz CT molecular complexity index is 1370. The molecule has 3 aromatic carbocycles. The summed E-state index contributed by atoms with van der Waals surface area (Å²) >= 11 is 5.47. The standard InChI is InChI=1S/C24H18BrIN2O5S/c1-2-32-22-14-16(12-17(15-27)24(29)28-19-10-8-18(26)9-11-19)13-21(25)23(22)33-34(30,31)20-6-4-3-5-7-20/h3-14H,2H2,1H3,(H,28,29)/b17-12+. The number of carbonyl (C=O) groups is 1. The van der Waals surface area contributed by atoms with Gasteiger partial charge in [-0.1, -0.05) is 18.2 Å². The SMILES string of the molecule is CCOc1cc(/C=C(\C#N)C(=O)Nc2ccc(I)cc2)cc(Br)c1OS(=O)(=O)c1ccccc1. The first kappa shape index (κ1) is 25.7. The summed E-state index contributed by atoms with van der Waals surface area (Å²) < 4.78 is 37.6. The largest absolute Gasteiger partial charge is 0.490 e. The molecule has 0 aliphatic rings. The third-order valence-corrected chi connectivity index (χ3v) is 6.88. The fraction of sp³-hybridized carbons (Fsp3) is 0.0833. The van der Waals surface area contributed by atoms with Gasteiger partial charge in [-0.2, -0.15) is 13.7 Å². The van der Waals surface area contributed by atoms with E-state index in [0.717, 1.165) is 3.57 Å². The Hall–Kier alpha value is -2.88. The fourth-order valence-corrected chi connectivity index (χ4v) is 4.79. The normalized spacial score (nSPS) is 11.4. The molecule has 0 aromatic heterocycles. The van der Waals surface area contributed by atoms with Crippen LogP contribution in [0.1, 0.15) is 12.5 Å². The molecule has 1 amide bonds. The minimum absolute atomic E-state index is 0.00708. The van der Waals surface area contributed by atoms with E-state index in [1.807, 2.05) is 18.2 Å². The molecule has 0 saturated carbocycles. The van der Waals surface area contributed by atoms with E-state index in [0.29, 0.717) is 11.3 Å². The molecule has 0 aliphatic heterocycles. The Kier molecular flexibility index (Phi) is 8.71. The molecule has 1 N–H and O–H groups in total. The van der Waals surface area contributed by atoms with Gasteiger partial charge in [0.15, 0.2) is 11.5 Å². The van der Waals surface area contributed by atoms with Crippen molar-refractivity contribution in [3.63, 3.8) is 0 Å². The van der Waals surface area contributed by atoms with Crippen molar-refractivity contribution in [3.05, 3.63) is 85.9 Å². The van der Waals surface area contributed by atoms with E-state index < -0.39 is 16.0 Å². The lowest BCUT2D eigenvalue weighted by Gasteiger charge is -2.14. The molecule has 0 unspecified atom stereocenters. The van der Waals surface area contributed by atoms with Gasteiger partial charge in [0.25, 0.3) is 5.91 Å². The highest BCUT2D eigenvalue weighted by Crippen LogP contribution is 2.39. The van der Waals surface area contributed by atoms with Crippen molar-refractivity contribution in [2.45, 2.75) is 11.8 Å². The van der Waals surface area contributed by atoms with Gasteiger partial charge >= 0.3 is 10.1 Å². The predicted molar refractivity (Wildman–Crippen MR) is 141 cm³/mol. The number of ether oxygens (including phenoxy) is 1. The van der Waals surface area contributed by atoms with Crippen LogP contribution in [0.5, 0.6) is 11.5 Å². The Morgan fingerprint density at radius 2 is 1.82 bits per heavy atom. The van der Waals surface area contributed by atoms with Crippen molar-refractivity contribution >= 4 is 66.3 Å². The fourth-order valence-electron chi connectivity index (χ4n) is 2.81. The van der Waals surface area contributed by atoms with Crippen molar-refractivity contribution in [1.29, 1.82) is 5.26 Å². The number of amides is 1. The van der Waals surface area contributed by atoms with Crippen LogP contribution < -0.4 is 14.2 Å². The summed E-state index contributed by atoms with van der Waals surface area (Å²) in [5.41, 5.74) is 0.852. The summed E-state index contributed by atoms with van der Waals surface area (Å²) in [4.78, 5) is 12.6. The summed E-state index contributed by atoms with van der Waals surface area (Å²) in [5.74, 6) is -0.479. The van der Waals surface area contributed by atoms with E-state index in [4.69, 9.17) is 8.92 Å². The first-order chi connectivity index (χ1) is 16.2. The van der Waals surface area contributed by atoms with Crippen LogP contribution in [0.2, 0.25) is 0 Å². The number of nitrogens with zero attached hydrogens (tertiary/aromatic N) is 1. The second-order valence-electron chi connectivity index (χ2n) is 6.74. The Balaban J connectivity index is 1.93. The molecule has 34 heavy (non-hydrogen) atoms. The maximum absolute atomic E-state index is 12.7. The molecule has 0 radical (unpaired) electrons. The predicted octanol–water partition coefficient (Wildman–Crippen LogP) is 5.77. The second-order valence-corrected chi connectivity index (χ2v) is 10.4. The van der Waals surface area contributed by atoms with Gasteiger partial charge in [-0.3, -0.25) is 4.79 Å². The molecule has 0 atom stereocenters. The number of nitriles is 1. The molecule has 0 heterocycles. The maximum atomic E-state index is 12.7. The first-order valence-electron chi connectivity index (χ1n) is 9.88. The molecule has 174 valence electrons. The van der Waals surface area contributed by atoms with E-state index in [1.165, 1.54) is 30.3 Å². The molecule has 0 fully saturated rings. The highest BCUT2D eigenvalue weighted by molar-refractivity contribution is 14.1. The van der Waals surface area contributed by atoms with Gasteiger partial charge in [0.2, 0.25) is 0 Å². The van der Waals surface area contributed by atoms with Crippen LogP contribution in [0.25, 0.3) is 6.08 Å². The molecule has 0 bridgehead atoms. The zero-order valence-electron chi connectivity index (χ0n) is 17.8. The third kappa shape index (κ3) is 6.59. The van der Waals surface area contributed by atoms with Gasteiger partial charge in [0, 0.05) is 9.26 Å². The number of anilines is 1. The molecular formula is C24H18BrIN2O5S. The smallest absolute Gasteiger partial charge is 0.339 e. The number of rotatable bonds is 8. The molecule has 7 nitrogen and oxygen atoms in total. The van der Waals surface area contributed by atoms with Gasteiger partial charge in [-0.25, -0.2) is 0 Å². The van der Waals surface area contributed by atoms with Crippen LogP contribution in [0.4, 0.5) is 5.69 Å². The Morgan fingerprint density at radius 3 is 2.44 bits per heavy atom. The molecule has 10 heteroatoms. The van der Waals surface area contributed by atoms with Gasteiger partial charge in [0.1, 0.15) is 16.5 Å². The highest BCUT2D eigenvalue weighted by Gasteiger charge is 2.22. The van der Waals surface area contributed by atoms with Gasteiger partial charge in [-0.05, 0) is 106 Å². The number of halogens is 2. The summed E-state index contributed by atoms with van der Waals surface area (Å²) in [7, 11) is -4.11. The highest BCUT2D eigenvalue weighted by atomic mass is 127. The van der Waals surface area contributed by atoms with E-state index in [2.05, 4.69) is 43.8 Å². The Morgan fingerprint density at radius 1 is 1.15 bits per heavy atom. The minimum Gasteiger partial charge on any atom is -0.490 e. The van der Waals surface area contributed by atoms with Crippen LogP contribution in [-0.2, 0) is 14.9 Å². The van der Waals surface area contributed by atoms with Crippen molar-refractivity contribution in [3.8, 4) is 17.6 Å². The summed E-state index contributed by atoms with van der Waals surface area (Å²) in [5, 5.41) is 12.2. The lowest BCUT2D eigenvalue weighted by molar-refractivity contribution is -0.112. The first-order valence-corrected chi connectivity index (χ1v) is 13.2. The molecule has 0 spiro atoms.